The third-order valence-corrected chi connectivity index (χ3v) is 6.73. The molecule has 190 valence electrons. The zero-order valence-corrected chi connectivity index (χ0v) is 21.0. The summed E-state index contributed by atoms with van der Waals surface area (Å²) >= 11 is 0. The molecule has 0 aliphatic carbocycles. The van der Waals surface area contributed by atoms with Crippen molar-refractivity contribution in [2.24, 2.45) is 0 Å². The van der Waals surface area contributed by atoms with E-state index in [1.807, 2.05) is 56.3 Å². The number of aryl methyl sites for hydroxylation is 2. The number of aliphatic hydroxyl groups excluding tert-OH is 1. The summed E-state index contributed by atoms with van der Waals surface area (Å²) in [5, 5.41) is 11.4. The van der Waals surface area contributed by atoms with Crippen molar-refractivity contribution in [3.05, 3.63) is 82.9 Å². The minimum Gasteiger partial charge on any atom is -0.507 e. The lowest BCUT2D eigenvalue weighted by molar-refractivity contribution is -0.140. The summed E-state index contributed by atoms with van der Waals surface area (Å²) in [6, 6.07) is 12.3. The van der Waals surface area contributed by atoms with E-state index in [1.165, 1.54) is 0 Å². The molecule has 2 fully saturated rings. The molecule has 0 aromatic heterocycles. The highest BCUT2D eigenvalue weighted by molar-refractivity contribution is 6.46. The van der Waals surface area contributed by atoms with E-state index >= 15 is 0 Å². The fourth-order valence-corrected chi connectivity index (χ4v) is 4.78. The van der Waals surface area contributed by atoms with Gasteiger partial charge < -0.3 is 19.5 Å². The quantitative estimate of drug-likeness (QED) is 0.248. The lowest BCUT2D eigenvalue weighted by Gasteiger charge is -2.29. The van der Waals surface area contributed by atoms with Gasteiger partial charge in [0.2, 0.25) is 0 Å². The number of benzene rings is 2. The van der Waals surface area contributed by atoms with Crippen LogP contribution in [-0.4, -0.2) is 72.6 Å². The summed E-state index contributed by atoms with van der Waals surface area (Å²) in [5.41, 5.74) is 3.24. The molecular formula is C29H34N2O5. The van der Waals surface area contributed by atoms with Crippen LogP contribution in [0.3, 0.4) is 0 Å². The maximum atomic E-state index is 13.3. The Balaban J connectivity index is 1.69. The molecule has 0 unspecified atom stereocenters. The van der Waals surface area contributed by atoms with E-state index in [-0.39, 0.29) is 11.3 Å². The van der Waals surface area contributed by atoms with Crippen molar-refractivity contribution >= 4 is 17.4 Å². The number of ether oxygens (including phenoxy) is 2. The zero-order chi connectivity index (χ0) is 25.7. The number of Topliss-reactive ketones (excluding diaryl/α,β-unsaturated/α-hetero) is 1. The van der Waals surface area contributed by atoms with Gasteiger partial charge in [0, 0.05) is 31.7 Å². The molecule has 1 N–H and O–H groups in total. The van der Waals surface area contributed by atoms with Gasteiger partial charge in [0.1, 0.15) is 18.1 Å². The van der Waals surface area contributed by atoms with Gasteiger partial charge in [-0.3, -0.25) is 14.5 Å². The monoisotopic (exact) mass is 490 g/mol. The number of hydrogen-bond donors (Lipinski definition) is 1. The first-order valence-corrected chi connectivity index (χ1v) is 12.4. The third kappa shape index (κ3) is 5.53. The van der Waals surface area contributed by atoms with E-state index in [4.69, 9.17) is 9.47 Å². The summed E-state index contributed by atoms with van der Waals surface area (Å²) in [4.78, 5) is 30.4. The number of carbonyl (C=O) groups excluding carboxylic acids is 2. The van der Waals surface area contributed by atoms with Gasteiger partial charge in [-0.2, -0.15) is 0 Å². The largest absolute Gasteiger partial charge is 0.507 e. The molecule has 1 atom stereocenters. The number of nitrogens with zero attached hydrogens (tertiary/aromatic N) is 2. The molecule has 2 aromatic rings. The van der Waals surface area contributed by atoms with E-state index in [9.17, 15) is 14.7 Å². The topological polar surface area (TPSA) is 79.3 Å². The number of carbonyl (C=O) groups is 2. The number of rotatable bonds is 9. The second kappa shape index (κ2) is 11.5. The maximum Gasteiger partial charge on any atom is 0.295 e. The number of morpholine rings is 1. The van der Waals surface area contributed by atoms with Crippen LogP contribution in [0.1, 0.15) is 34.7 Å². The van der Waals surface area contributed by atoms with Crippen molar-refractivity contribution in [3.8, 4) is 5.75 Å². The highest BCUT2D eigenvalue weighted by atomic mass is 16.5. The second-order valence-electron chi connectivity index (χ2n) is 9.29. The normalized spacial score (nSPS) is 20.1. The second-order valence-corrected chi connectivity index (χ2v) is 9.29. The van der Waals surface area contributed by atoms with Crippen LogP contribution in [0.2, 0.25) is 0 Å². The first-order valence-electron chi connectivity index (χ1n) is 12.4. The summed E-state index contributed by atoms with van der Waals surface area (Å²) in [6.07, 6.45) is 2.38. The summed E-state index contributed by atoms with van der Waals surface area (Å²) in [7, 11) is 0. The Morgan fingerprint density at radius 3 is 2.53 bits per heavy atom. The van der Waals surface area contributed by atoms with Crippen LogP contribution in [-0.2, 0) is 14.3 Å². The van der Waals surface area contributed by atoms with Crippen LogP contribution < -0.4 is 4.74 Å². The Labute approximate surface area is 212 Å². The van der Waals surface area contributed by atoms with Crippen molar-refractivity contribution in [1.29, 1.82) is 0 Å². The van der Waals surface area contributed by atoms with Gasteiger partial charge in [0.15, 0.2) is 0 Å². The predicted octanol–water partition coefficient (Wildman–Crippen LogP) is 4.01. The minimum atomic E-state index is -0.678. The Morgan fingerprint density at radius 2 is 1.83 bits per heavy atom. The van der Waals surface area contributed by atoms with E-state index in [1.54, 1.807) is 11.0 Å². The Morgan fingerprint density at radius 1 is 1.11 bits per heavy atom. The molecule has 4 rings (SSSR count). The molecule has 0 spiro atoms. The zero-order valence-electron chi connectivity index (χ0n) is 21.0. The van der Waals surface area contributed by atoms with Crippen molar-refractivity contribution in [3.63, 3.8) is 0 Å². The molecule has 2 saturated heterocycles. The third-order valence-electron chi connectivity index (χ3n) is 6.73. The summed E-state index contributed by atoms with van der Waals surface area (Å²) in [5.74, 6) is -0.711. The number of likely N-dealkylation sites (tertiary alicyclic amines) is 1. The van der Waals surface area contributed by atoms with Gasteiger partial charge in [-0.25, -0.2) is 0 Å². The molecule has 0 radical (unpaired) electrons. The molecule has 2 aliphatic heterocycles. The smallest absolute Gasteiger partial charge is 0.295 e. The van der Waals surface area contributed by atoms with Crippen molar-refractivity contribution in [2.45, 2.75) is 26.3 Å². The molecule has 0 bridgehead atoms. The Bertz CT molecular complexity index is 1150. The molecular weight excluding hydrogens is 456 g/mol. The van der Waals surface area contributed by atoms with Crippen molar-refractivity contribution < 1.29 is 24.2 Å². The average Bonchev–Trinajstić information content (AvgIpc) is 3.14. The highest BCUT2D eigenvalue weighted by Crippen LogP contribution is 2.40. The van der Waals surface area contributed by atoms with Crippen LogP contribution in [0.5, 0.6) is 5.75 Å². The van der Waals surface area contributed by atoms with Crippen LogP contribution in [0.4, 0.5) is 0 Å². The van der Waals surface area contributed by atoms with Gasteiger partial charge in [0.05, 0.1) is 24.8 Å². The fourth-order valence-electron chi connectivity index (χ4n) is 4.78. The lowest BCUT2D eigenvalue weighted by Crippen LogP contribution is -2.38. The molecule has 2 aromatic carbocycles. The Hall–Kier alpha value is -3.42. The number of hydrogen-bond acceptors (Lipinski definition) is 6. The van der Waals surface area contributed by atoms with Crippen molar-refractivity contribution in [2.75, 3.05) is 46.0 Å². The van der Waals surface area contributed by atoms with Gasteiger partial charge in [0.25, 0.3) is 11.7 Å². The molecule has 7 nitrogen and oxygen atoms in total. The number of amides is 1. The van der Waals surface area contributed by atoms with Crippen LogP contribution in [0.15, 0.2) is 60.7 Å². The van der Waals surface area contributed by atoms with Gasteiger partial charge in [-0.05, 0) is 49.6 Å². The van der Waals surface area contributed by atoms with Crippen molar-refractivity contribution in [1.82, 2.24) is 9.80 Å². The van der Waals surface area contributed by atoms with Crippen LogP contribution in [0.25, 0.3) is 5.76 Å². The molecule has 2 aliphatic rings. The standard InChI is InChI=1S/C29H34N2O5/c1-4-16-36-23-10-8-22(9-11-23)26-25(27(32)24-19-20(2)6-7-21(24)3)28(33)29(34)31(26)13-5-12-30-14-17-35-18-15-30/h4,6-11,19,26,32H,1,5,12-18H2,2-3H3/t26-/m0/s1. The van der Waals surface area contributed by atoms with Gasteiger partial charge in [-0.15, -0.1) is 0 Å². The Kier molecular flexibility index (Phi) is 8.23. The van der Waals surface area contributed by atoms with E-state index in [2.05, 4.69) is 11.5 Å². The first kappa shape index (κ1) is 25.7. The molecule has 0 saturated carbocycles. The SMILES string of the molecule is C=CCOc1ccc([C@H]2C(=C(O)c3cc(C)ccc3C)C(=O)C(=O)N2CCCN2CCOCC2)cc1. The average molecular weight is 491 g/mol. The molecule has 36 heavy (non-hydrogen) atoms. The van der Waals surface area contributed by atoms with Crippen LogP contribution >= 0.6 is 0 Å². The minimum absolute atomic E-state index is 0.125. The fraction of sp³-hybridized carbons (Fsp3) is 0.379. The molecule has 1 amide bonds. The summed E-state index contributed by atoms with van der Waals surface area (Å²) < 4.78 is 11.0. The number of ketones is 1. The first-order chi connectivity index (χ1) is 17.4. The predicted molar refractivity (Wildman–Crippen MR) is 139 cm³/mol. The summed E-state index contributed by atoms with van der Waals surface area (Å²) in [6.45, 7) is 12.2. The van der Waals surface area contributed by atoms with E-state index in [0.29, 0.717) is 44.1 Å². The van der Waals surface area contributed by atoms with Gasteiger partial charge >= 0.3 is 0 Å². The number of aliphatic hydroxyl groups is 1. The molecule has 2 heterocycles. The van der Waals surface area contributed by atoms with E-state index in [0.717, 1.165) is 36.3 Å². The highest BCUT2D eigenvalue weighted by Gasteiger charge is 2.46. The van der Waals surface area contributed by atoms with Gasteiger partial charge in [-0.1, -0.05) is 42.5 Å². The maximum absolute atomic E-state index is 13.3. The van der Waals surface area contributed by atoms with E-state index < -0.39 is 17.7 Å². The molecule has 7 heteroatoms. The lowest BCUT2D eigenvalue weighted by atomic mass is 9.93. The van der Waals surface area contributed by atoms with Crippen LogP contribution in [0, 0.1) is 13.8 Å².